The first-order valence-corrected chi connectivity index (χ1v) is 7.31. The molecule has 4 N–H and O–H groups in total. The van der Waals surface area contributed by atoms with E-state index in [1.165, 1.54) is 18.3 Å². The molecular weight excluding hydrogens is 290 g/mol. The number of carboxylic acids is 1. The van der Waals surface area contributed by atoms with Crippen molar-refractivity contribution in [2.75, 3.05) is 0 Å². The molecule has 0 saturated heterocycles. The number of aromatic carboxylic acids is 1. The average molecular weight is 299 g/mol. The number of hydrogen-bond acceptors (Lipinski definition) is 5. The molecule has 9 heteroatoms. The first-order valence-electron chi connectivity index (χ1n) is 4.95. The van der Waals surface area contributed by atoms with Crippen molar-refractivity contribution in [1.29, 1.82) is 0 Å². The van der Waals surface area contributed by atoms with Crippen LogP contribution in [0.4, 0.5) is 0 Å². The van der Waals surface area contributed by atoms with Gasteiger partial charge in [0.05, 0.1) is 10.5 Å². The maximum atomic E-state index is 11.2. The predicted molar refractivity (Wildman–Crippen MR) is 67.5 cm³/mol. The molecule has 0 unspecified atom stereocenters. The number of hydrogen-bond donors (Lipinski definition) is 3. The highest BCUT2D eigenvalue weighted by atomic mass is 32.2. The van der Waals surface area contributed by atoms with Gasteiger partial charge in [0.2, 0.25) is 10.0 Å². The molecule has 1 heterocycles. The number of aromatic nitrogens is 2. The van der Waals surface area contributed by atoms with Gasteiger partial charge in [-0.2, -0.15) is 0 Å². The third kappa shape index (κ3) is 3.13. The van der Waals surface area contributed by atoms with Gasteiger partial charge in [-0.05, 0) is 18.2 Å². The second-order valence-electron chi connectivity index (χ2n) is 3.50. The van der Waals surface area contributed by atoms with Gasteiger partial charge in [-0.15, -0.1) is 0 Å². The van der Waals surface area contributed by atoms with Gasteiger partial charge in [-0.1, -0.05) is 11.8 Å². The Balaban J connectivity index is 2.47. The summed E-state index contributed by atoms with van der Waals surface area (Å²) in [5.41, 5.74) is -0.145. The summed E-state index contributed by atoms with van der Waals surface area (Å²) in [4.78, 5) is 18.0. The summed E-state index contributed by atoms with van der Waals surface area (Å²) in [7, 11) is -3.93. The van der Waals surface area contributed by atoms with E-state index in [0.29, 0.717) is 10.1 Å². The van der Waals surface area contributed by atoms with Crippen LogP contribution in [-0.2, 0) is 10.0 Å². The fourth-order valence-electron chi connectivity index (χ4n) is 1.35. The summed E-state index contributed by atoms with van der Waals surface area (Å²) in [5.74, 6) is -1.24. The van der Waals surface area contributed by atoms with Crippen LogP contribution in [0, 0.1) is 0 Å². The van der Waals surface area contributed by atoms with E-state index in [1.54, 1.807) is 6.20 Å². The summed E-state index contributed by atoms with van der Waals surface area (Å²) in [6.45, 7) is 0. The van der Waals surface area contributed by atoms with Crippen LogP contribution < -0.4 is 5.14 Å². The van der Waals surface area contributed by atoms with Gasteiger partial charge in [0.15, 0.2) is 5.16 Å². The standard InChI is InChI=1S/C10H9N3O4S2/c11-19(16,17)6-1-2-8(7(5-6)9(14)15)18-10-12-3-4-13-10/h1-5H,(H,12,13)(H,14,15)(H2,11,16,17). The molecular formula is C10H9N3O4S2. The van der Waals surface area contributed by atoms with Crippen molar-refractivity contribution in [2.45, 2.75) is 14.9 Å². The zero-order valence-electron chi connectivity index (χ0n) is 9.40. The SMILES string of the molecule is NS(=O)(=O)c1ccc(Sc2ncc[nH]2)c(C(=O)O)c1. The Morgan fingerprint density at radius 1 is 1.42 bits per heavy atom. The molecule has 2 aromatic rings. The average Bonchev–Trinajstić information content (AvgIpc) is 2.80. The number of H-pyrrole nitrogens is 1. The van der Waals surface area contributed by atoms with Crippen LogP contribution in [0.15, 0.2) is 45.5 Å². The minimum atomic E-state index is -3.93. The van der Waals surface area contributed by atoms with Gasteiger partial charge in [-0.25, -0.2) is 23.3 Å². The number of carboxylic acid groups (broad SMARTS) is 1. The van der Waals surface area contributed by atoms with Crippen molar-refractivity contribution in [3.05, 3.63) is 36.2 Å². The molecule has 7 nitrogen and oxygen atoms in total. The molecule has 1 aromatic heterocycles. The van der Waals surface area contributed by atoms with E-state index in [-0.39, 0.29) is 10.5 Å². The smallest absolute Gasteiger partial charge is 0.336 e. The lowest BCUT2D eigenvalue weighted by atomic mass is 10.2. The van der Waals surface area contributed by atoms with Crippen LogP contribution in [0.25, 0.3) is 0 Å². The van der Waals surface area contributed by atoms with Gasteiger partial charge in [0.1, 0.15) is 0 Å². The third-order valence-corrected chi connectivity index (χ3v) is 4.09. The van der Waals surface area contributed by atoms with Crippen molar-refractivity contribution in [2.24, 2.45) is 5.14 Å². The minimum Gasteiger partial charge on any atom is -0.478 e. The normalized spacial score (nSPS) is 11.4. The highest BCUT2D eigenvalue weighted by Gasteiger charge is 2.17. The number of nitrogens with two attached hydrogens (primary N) is 1. The van der Waals surface area contributed by atoms with E-state index in [1.807, 2.05) is 0 Å². The van der Waals surface area contributed by atoms with Crippen molar-refractivity contribution < 1.29 is 18.3 Å². The fraction of sp³-hybridized carbons (Fsp3) is 0. The number of imidazole rings is 1. The molecule has 19 heavy (non-hydrogen) atoms. The van der Waals surface area contributed by atoms with E-state index in [9.17, 15) is 13.2 Å². The molecule has 0 fully saturated rings. The second-order valence-corrected chi connectivity index (χ2v) is 6.10. The Kier molecular flexibility index (Phi) is 3.60. The van der Waals surface area contributed by atoms with E-state index >= 15 is 0 Å². The van der Waals surface area contributed by atoms with Gasteiger partial charge in [0, 0.05) is 17.3 Å². The third-order valence-electron chi connectivity index (χ3n) is 2.19. The molecule has 0 aliphatic heterocycles. The lowest BCUT2D eigenvalue weighted by Gasteiger charge is -2.06. The molecule has 0 saturated carbocycles. The molecule has 0 aliphatic carbocycles. The fourth-order valence-corrected chi connectivity index (χ4v) is 2.73. The minimum absolute atomic E-state index is 0.145. The molecule has 0 aliphatic rings. The van der Waals surface area contributed by atoms with Gasteiger partial charge in [0.25, 0.3) is 0 Å². The van der Waals surface area contributed by atoms with Crippen LogP contribution in [-0.4, -0.2) is 29.5 Å². The Morgan fingerprint density at radius 3 is 2.68 bits per heavy atom. The van der Waals surface area contributed by atoms with Crippen molar-refractivity contribution in [1.82, 2.24) is 9.97 Å². The lowest BCUT2D eigenvalue weighted by Crippen LogP contribution is -2.13. The largest absolute Gasteiger partial charge is 0.478 e. The first kappa shape index (κ1) is 13.6. The summed E-state index contributed by atoms with van der Waals surface area (Å²) >= 11 is 1.09. The van der Waals surface area contributed by atoms with Gasteiger partial charge >= 0.3 is 5.97 Å². The number of primary sulfonamides is 1. The lowest BCUT2D eigenvalue weighted by molar-refractivity contribution is 0.0693. The highest BCUT2D eigenvalue weighted by molar-refractivity contribution is 7.99. The Labute approximate surface area is 112 Å². The van der Waals surface area contributed by atoms with Crippen LogP contribution in [0.2, 0.25) is 0 Å². The molecule has 0 spiro atoms. The molecule has 0 amide bonds. The summed E-state index contributed by atoms with van der Waals surface area (Å²) in [6.07, 6.45) is 3.13. The van der Waals surface area contributed by atoms with E-state index in [0.717, 1.165) is 17.8 Å². The van der Waals surface area contributed by atoms with Gasteiger partial charge < -0.3 is 10.1 Å². The Hall–Kier alpha value is -1.84. The molecule has 100 valence electrons. The number of nitrogens with zero attached hydrogens (tertiary/aromatic N) is 1. The maximum Gasteiger partial charge on any atom is 0.336 e. The number of carbonyl (C=O) groups is 1. The van der Waals surface area contributed by atoms with Crippen LogP contribution >= 0.6 is 11.8 Å². The zero-order chi connectivity index (χ0) is 14.0. The van der Waals surface area contributed by atoms with E-state index < -0.39 is 16.0 Å². The maximum absolute atomic E-state index is 11.2. The van der Waals surface area contributed by atoms with Crippen LogP contribution in [0.1, 0.15) is 10.4 Å². The van der Waals surface area contributed by atoms with E-state index in [2.05, 4.69) is 9.97 Å². The first-order chi connectivity index (χ1) is 8.88. The Morgan fingerprint density at radius 2 is 2.16 bits per heavy atom. The molecule has 0 radical (unpaired) electrons. The zero-order valence-corrected chi connectivity index (χ0v) is 11.0. The van der Waals surface area contributed by atoms with Crippen LogP contribution in [0.3, 0.4) is 0 Å². The summed E-state index contributed by atoms with van der Waals surface area (Å²) in [6, 6.07) is 3.67. The molecule has 1 aromatic carbocycles. The van der Waals surface area contributed by atoms with Crippen molar-refractivity contribution in [3.63, 3.8) is 0 Å². The van der Waals surface area contributed by atoms with Gasteiger partial charge in [-0.3, -0.25) is 0 Å². The highest BCUT2D eigenvalue weighted by Crippen LogP contribution is 2.29. The topological polar surface area (TPSA) is 126 Å². The molecule has 0 atom stereocenters. The number of nitrogens with one attached hydrogen (secondary N) is 1. The van der Waals surface area contributed by atoms with Crippen molar-refractivity contribution >= 4 is 27.8 Å². The quantitative estimate of drug-likeness (QED) is 0.770. The number of benzene rings is 1. The van der Waals surface area contributed by atoms with Crippen LogP contribution in [0.5, 0.6) is 0 Å². The summed E-state index contributed by atoms with van der Waals surface area (Å²) < 4.78 is 22.4. The Bertz CT molecular complexity index is 710. The van der Waals surface area contributed by atoms with E-state index in [4.69, 9.17) is 10.2 Å². The van der Waals surface area contributed by atoms with Crippen molar-refractivity contribution in [3.8, 4) is 0 Å². The second kappa shape index (κ2) is 5.03. The molecule has 0 bridgehead atoms. The number of rotatable bonds is 4. The monoisotopic (exact) mass is 299 g/mol. The molecule has 2 rings (SSSR count). The number of sulfonamides is 1. The predicted octanol–water partition coefficient (Wildman–Crippen LogP) is 0.907. The summed E-state index contributed by atoms with van der Waals surface area (Å²) in [5, 5.41) is 14.6. The number of aromatic amines is 1.